The van der Waals surface area contributed by atoms with E-state index in [2.05, 4.69) is 5.32 Å². The predicted molar refractivity (Wildman–Crippen MR) is 104 cm³/mol. The minimum atomic E-state index is -4.51. The maximum atomic E-state index is 12.7. The van der Waals surface area contributed by atoms with Gasteiger partial charge in [-0.05, 0) is 29.8 Å². The second-order valence-electron chi connectivity index (χ2n) is 5.52. The molecule has 2 aromatic carbocycles. The standard InChI is InChI=1S/C20H16F3NO3S/c21-20(22,23)15-9-5-10-16(12-15)24-18(25)13-28-17(19(26)27)11-4-8-14-6-2-1-3-7-14/h1-12H,13H2,(H,24,25)(H,26,27)/b8-4+,17-11+. The fourth-order valence-corrected chi connectivity index (χ4v) is 2.76. The lowest BCUT2D eigenvalue weighted by Gasteiger charge is -2.09. The molecule has 2 aromatic rings. The Labute approximate surface area is 163 Å². The zero-order valence-electron chi connectivity index (χ0n) is 14.4. The molecule has 0 spiro atoms. The molecule has 28 heavy (non-hydrogen) atoms. The molecule has 0 saturated carbocycles. The third-order valence-electron chi connectivity index (χ3n) is 3.38. The number of carbonyl (C=O) groups excluding carboxylic acids is 1. The number of alkyl halides is 3. The summed E-state index contributed by atoms with van der Waals surface area (Å²) in [6, 6.07) is 13.5. The number of amides is 1. The quantitative estimate of drug-likeness (QED) is 0.497. The van der Waals surface area contributed by atoms with E-state index in [9.17, 15) is 27.9 Å². The highest BCUT2D eigenvalue weighted by molar-refractivity contribution is 8.04. The van der Waals surface area contributed by atoms with E-state index >= 15 is 0 Å². The number of hydrogen-bond donors (Lipinski definition) is 2. The monoisotopic (exact) mass is 407 g/mol. The van der Waals surface area contributed by atoms with Gasteiger partial charge in [-0.3, -0.25) is 4.79 Å². The lowest BCUT2D eigenvalue weighted by atomic mass is 10.2. The van der Waals surface area contributed by atoms with Gasteiger partial charge in [0, 0.05) is 5.69 Å². The first kappa shape index (κ1) is 21.3. The van der Waals surface area contributed by atoms with Crippen LogP contribution in [-0.4, -0.2) is 22.7 Å². The normalized spacial score (nSPS) is 12.2. The molecule has 2 N–H and O–H groups in total. The van der Waals surface area contributed by atoms with Crippen molar-refractivity contribution in [1.82, 2.24) is 0 Å². The van der Waals surface area contributed by atoms with E-state index in [0.717, 1.165) is 29.5 Å². The Hall–Kier alpha value is -3.00. The van der Waals surface area contributed by atoms with Gasteiger partial charge in [-0.15, -0.1) is 11.8 Å². The van der Waals surface area contributed by atoms with Gasteiger partial charge in [0.05, 0.1) is 16.2 Å². The van der Waals surface area contributed by atoms with E-state index in [1.165, 1.54) is 18.2 Å². The van der Waals surface area contributed by atoms with Crippen molar-refractivity contribution in [3.05, 3.63) is 82.8 Å². The first-order valence-corrected chi connectivity index (χ1v) is 9.01. The molecule has 0 bridgehead atoms. The zero-order valence-corrected chi connectivity index (χ0v) is 15.3. The van der Waals surface area contributed by atoms with E-state index < -0.39 is 23.6 Å². The second kappa shape index (κ2) is 9.80. The van der Waals surface area contributed by atoms with Crippen molar-refractivity contribution in [2.45, 2.75) is 6.18 Å². The Morgan fingerprint density at radius 1 is 1.07 bits per heavy atom. The van der Waals surface area contributed by atoms with Gasteiger partial charge in [-0.2, -0.15) is 13.2 Å². The van der Waals surface area contributed by atoms with E-state index in [-0.39, 0.29) is 16.3 Å². The molecule has 0 aliphatic heterocycles. The molecule has 2 rings (SSSR count). The molecule has 0 atom stereocenters. The summed E-state index contributed by atoms with van der Waals surface area (Å²) in [5.74, 6) is -2.06. The van der Waals surface area contributed by atoms with Crippen LogP contribution in [0.15, 0.2) is 71.7 Å². The number of rotatable bonds is 7. The maximum Gasteiger partial charge on any atom is 0.416 e. The predicted octanol–water partition coefficient (Wildman–Crippen LogP) is 5.06. The van der Waals surface area contributed by atoms with Crippen molar-refractivity contribution in [3.8, 4) is 0 Å². The van der Waals surface area contributed by atoms with Crippen molar-refractivity contribution in [2.75, 3.05) is 11.1 Å². The molecule has 0 aliphatic carbocycles. The van der Waals surface area contributed by atoms with Crippen LogP contribution in [0.2, 0.25) is 0 Å². The van der Waals surface area contributed by atoms with Gasteiger partial charge in [0.2, 0.25) is 5.91 Å². The van der Waals surface area contributed by atoms with Crippen LogP contribution < -0.4 is 5.32 Å². The zero-order chi connectivity index (χ0) is 20.6. The summed E-state index contributed by atoms with van der Waals surface area (Å²) in [4.78, 5) is 23.2. The Morgan fingerprint density at radius 2 is 1.79 bits per heavy atom. The molecular weight excluding hydrogens is 391 g/mol. The summed E-state index contributed by atoms with van der Waals surface area (Å²) in [6.45, 7) is 0. The molecule has 0 radical (unpaired) electrons. The van der Waals surface area contributed by atoms with Crippen LogP contribution in [0.1, 0.15) is 11.1 Å². The van der Waals surface area contributed by atoms with Crippen LogP contribution in [0.3, 0.4) is 0 Å². The second-order valence-corrected chi connectivity index (χ2v) is 6.54. The highest BCUT2D eigenvalue weighted by atomic mass is 32.2. The Kier molecular flexibility index (Phi) is 7.45. The minimum Gasteiger partial charge on any atom is -0.477 e. The Balaban J connectivity index is 1.96. The molecule has 146 valence electrons. The van der Waals surface area contributed by atoms with E-state index in [1.54, 1.807) is 12.2 Å². The van der Waals surface area contributed by atoms with Crippen LogP contribution in [0.25, 0.3) is 6.08 Å². The van der Waals surface area contributed by atoms with Crippen molar-refractivity contribution in [3.63, 3.8) is 0 Å². The molecule has 0 aliphatic rings. The number of carbonyl (C=O) groups is 2. The summed E-state index contributed by atoms with van der Waals surface area (Å²) in [5, 5.41) is 11.6. The molecule has 8 heteroatoms. The number of carboxylic acids is 1. The number of allylic oxidation sites excluding steroid dienone is 2. The number of hydrogen-bond acceptors (Lipinski definition) is 3. The van der Waals surface area contributed by atoms with Gasteiger partial charge >= 0.3 is 12.1 Å². The number of carboxylic acid groups (broad SMARTS) is 1. The van der Waals surface area contributed by atoms with Crippen LogP contribution >= 0.6 is 11.8 Å². The minimum absolute atomic E-state index is 0.00902. The third-order valence-corrected chi connectivity index (χ3v) is 4.41. The SMILES string of the molecule is O=C(CS/C(=C/C=C/c1ccccc1)C(=O)O)Nc1cccc(C(F)(F)F)c1. The topological polar surface area (TPSA) is 66.4 Å². The van der Waals surface area contributed by atoms with Gasteiger partial charge in [0.1, 0.15) is 0 Å². The summed E-state index contributed by atoms with van der Waals surface area (Å²) in [7, 11) is 0. The Morgan fingerprint density at radius 3 is 2.43 bits per heavy atom. The smallest absolute Gasteiger partial charge is 0.416 e. The third kappa shape index (κ3) is 6.96. The molecule has 0 heterocycles. The van der Waals surface area contributed by atoms with Gasteiger partial charge in [-0.1, -0.05) is 48.6 Å². The largest absolute Gasteiger partial charge is 0.477 e. The number of halogens is 3. The van der Waals surface area contributed by atoms with Gasteiger partial charge in [0.25, 0.3) is 0 Å². The average Bonchev–Trinajstić information content (AvgIpc) is 2.64. The Bertz CT molecular complexity index is 893. The van der Waals surface area contributed by atoms with Gasteiger partial charge < -0.3 is 10.4 Å². The summed E-state index contributed by atoms with van der Waals surface area (Å²) in [6.07, 6.45) is 0.111. The number of anilines is 1. The first-order valence-electron chi connectivity index (χ1n) is 8.02. The van der Waals surface area contributed by atoms with E-state index in [4.69, 9.17) is 0 Å². The fraction of sp³-hybridized carbons (Fsp3) is 0.100. The summed E-state index contributed by atoms with van der Waals surface area (Å²) in [5.41, 5.74) is -0.00356. The molecule has 1 amide bonds. The van der Waals surface area contributed by atoms with E-state index in [0.29, 0.717) is 0 Å². The van der Waals surface area contributed by atoms with E-state index in [1.807, 2.05) is 30.3 Å². The lowest BCUT2D eigenvalue weighted by molar-refractivity contribution is -0.137. The molecule has 4 nitrogen and oxygen atoms in total. The highest BCUT2D eigenvalue weighted by Gasteiger charge is 2.30. The van der Waals surface area contributed by atoms with Crippen molar-refractivity contribution < 1.29 is 27.9 Å². The molecule has 0 aromatic heterocycles. The first-order chi connectivity index (χ1) is 13.3. The van der Waals surface area contributed by atoms with Gasteiger partial charge in [0.15, 0.2) is 0 Å². The van der Waals surface area contributed by atoms with Crippen molar-refractivity contribution >= 4 is 35.4 Å². The van der Waals surface area contributed by atoms with Crippen LogP contribution in [0.5, 0.6) is 0 Å². The molecule has 0 fully saturated rings. The van der Waals surface area contributed by atoms with Crippen LogP contribution in [0, 0.1) is 0 Å². The van der Waals surface area contributed by atoms with Crippen LogP contribution in [0.4, 0.5) is 18.9 Å². The average molecular weight is 407 g/mol. The lowest BCUT2D eigenvalue weighted by Crippen LogP contribution is -2.15. The molecule has 0 unspecified atom stereocenters. The number of thioether (sulfide) groups is 1. The fourth-order valence-electron chi connectivity index (χ4n) is 2.11. The highest BCUT2D eigenvalue weighted by Crippen LogP contribution is 2.30. The molecule has 0 saturated heterocycles. The molecular formula is C20H16F3NO3S. The number of benzene rings is 2. The summed E-state index contributed by atoms with van der Waals surface area (Å²) >= 11 is 0.778. The van der Waals surface area contributed by atoms with Crippen molar-refractivity contribution in [2.24, 2.45) is 0 Å². The number of aliphatic carboxylic acids is 1. The van der Waals surface area contributed by atoms with Crippen molar-refractivity contribution in [1.29, 1.82) is 0 Å². The van der Waals surface area contributed by atoms with Gasteiger partial charge in [-0.25, -0.2) is 4.79 Å². The van der Waals surface area contributed by atoms with Crippen LogP contribution in [-0.2, 0) is 15.8 Å². The summed E-state index contributed by atoms with van der Waals surface area (Å²) < 4.78 is 38.1. The maximum absolute atomic E-state index is 12.7. The number of nitrogens with one attached hydrogen (secondary N) is 1.